The number of hydrogen-bond acceptors (Lipinski definition) is 3. The molecule has 1 aromatic carbocycles. The number of nitrogens with one attached hydrogen (secondary N) is 1. The molecule has 5 heteroatoms. The minimum Gasteiger partial charge on any atom is -0.494 e. The molecule has 0 unspecified atom stereocenters. The Bertz CT molecular complexity index is 559. The summed E-state index contributed by atoms with van der Waals surface area (Å²) in [6.07, 6.45) is 0. The summed E-state index contributed by atoms with van der Waals surface area (Å²) in [6.45, 7) is 5.46. The van der Waals surface area contributed by atoms with Crippen LogP contribution in [0.25, 0.3) is 11.4 Å². The van der Waals surface area contributed by atoms with Gasteiger partial charge in [-0.1, -0.05) is 12.1 Å². The van der Waals surface area contributed by atoms with Crippen molar-refractivity contribution in [2.75, 3.05) is 6.61 Å². The molecule has 1 aromatic heterocycles. The van der Waals surface area contributed by atoms with Crippen LogP contribution in [0.15, 0.2) is 24.3 Å². The lowest BCUT2D eigenvalue weighted by molar-refractivity contribution is 0.340. The van der Waals surface area contributed by atoms with Gasteiger partial charge in [0.2, 0.25) is 0 Å². The van der Waals surface area contributed by atoms with Crippen LogP contribution in [0.3, 0.4) is 0 Å². The van der Waals surface area contributed by atoms with Crippen molar-refractivity contribution >= 4 is 12.2 Å². The fourth-order valence-corrected chi connectivity index (χ4v) is 1.98. The van der Waals surface area contributed by atoms with Gasteiger partial charge in [-0.2, -0.15) is 5.10 Å². The van der Waals surface area contributed by atoms with Crippen LogP contribution < -0.4 is 4.74 Å². The first-order chi connectivity index (χ1) is 8.26. The molecule has 1 N–H and O–H groups in total. The molecule has 4 nitrogen and oxygen atoms in total. The van der Waals surface area contributed by atoms with Gasteiger partial charge >= 0.3 is 0 Å². The number of aromatic nitrogens is 3. The fourth-order valence-electron chi connectivity index (χ4n) is 1.72. The van der Waals surface area contributed by atoms with E-state index in [9.17, 15) is 0 Å². The third kappa shape index (κ3) is 2.39. The van der Waals surface area contributed by atoms with Gasteiger partial charge in [0.05, 0.1) is 6.61 Å². The highest BCUT2D eigenvalue weighted by atomic mass is 32.1. The Balaban J connectivity index is 2.45. The molecule has 0 aliphatic carbocycles. The second kappa shape index (κ2) is 5.14. The van der Waals surface area contributed by atoms with Crippen LogP contribution in [0.4, 0.5) is 0 Å². The van der Waals surface area contributed by atoms with Crippen LogP contribution in [0, 0.1) is 4.77 Å². The van der Waals surface area contributed by atoms with Crippen LogP contribution >= 0.6 is 12.2 Å². The standard InChI is InChI=1S/C12H15N3OS/c1-3-15-11(13-14-12(15)17)9-6-5-7-10(8-9)16-4-2/h5-8H,3-4H2,1-2H3,(H,14,17). The van der Waals surface area contributed by atoms with Crippen molar-refractivity contribution in [3.63, 3.8) is 0 Å². The first kappa shape index (κ1) is 11.9. The van der Waals surface area contributed by atoms with Crippen molar-refractivity contribution in [1.29, 1.82) is 0 Å². The zero-order valence-corrected chi connectivity index (χ0v) is 10.8. The molecule has 0 fully saturated rings. The number of rotatable bonds is 4. The monoisotopic (exact) mass is 249 g/mol. The number of nitrogens with zero attached hydrogens (tertiary/aromatic N) is 2. The first-order valence-electron chi connectivity index (χ1n) is 5.64. The summed E-state index contributed by atoms with van der Waals surface area (Å²) < 4.78 is 8.08. The van der Waals surface area contributed by atoms with E-state index in [0.29, 0.717) is 11.4 Å². The van der Waals surface area contributed by atoms with Gasteiger partial charge in [0.25, 0.3) is 0 Å². The van der Waals surface area contributed by atoms with Crippen molar-refractivity contribution < 1.29 is 4.74 Å². The molecule has 0 saturated heterocycles. The van der Waals surface area contributed by atoms with Crippen LogP contribution in [0.5, 0.6) is 5.75 Å². The van der Waals surface area contributed by atoms with Crippen LogP contribution in [0.1, 0.15) is 13.8 Å². The number of H-pyrrole nitrogens is 1. The predicted molar refractivity (Wildman–Crippen MR) is 69.7 cm³/mol. The van der Waals surface area contributed by atoms with E-state index in [-0.39, 0.29) is 0 Å². The number of aromatic amines is 1. The second-order valence-corrected chi connectivity index (χ2v) is 3.94. The predicted octanol–water partition coefficient (Wildman–Crippen LogP) is 3.03. The largest absolute Gasteiger partial charge is 0.494 e. The minimum atomic E-state index is 0.643. The van der Waals surface area contributed by atoms with Crippen molar-refractivity contribution in [1.82, 2.24) is 14.8 Å². The summed E-state index contributed by atoms with van der Waals surface area (Å²) in [5, 5.41) is 7.06. The van der Waals surface area contributed by atoms with Gasteiger partial charge in [0.15, 0.2) is 10.6 Å². The first-order valence-corrected chi connectivity index (χ1v) is 6.05. The topological polar surface area (TPSA) is 42.8 Å². The van der Waals surface area contributed by atoms with Crippen molar-refractivity contribution in [2.45, 2.75) is 20.4 Å². The van der Waals surface area contributed by atoms with Crippen LogP contribution in [0.2, 0.25) is 0 Å². The van der Waals surface area contributed by atoms with E-state index in [2.05, 4.69) is 10.2 Å². The maximum atomic E-state index is 5.48. The molecule has 0 aliphatic heterocycles. The minimum absolute atomic E-state index is 0.643. The van der Waals surface area contributed by atoms with Gasteiger partial charge in [-0.15, -0.1) is 0 Å². The Hall–Kier alpha value is -1.62. The summed E-state index contributed by atoms with van der Waals surface area (Å²) in [5.41, 5.74) is 1.00. The van der Waals surface area contributed by atoms with E-state index in [0.717, 1.165) is 23.7 Å². The van der Waals surface area contributed by atoms with Crippen molar-refractivity contribution in [3.05, 3.63) is 29.0 Å². The quantitative estimate of drug-likeness (QED) is 0.847. The van der Waals surface area contributed by atoms with E-state index in [1.54, 1.807) is 0 Å². The smallest absolute Gasteiger partial charge is 0.195 e. The highest BCUT2D eigenvalue weighted by Crippen LogP contribution is 2.22. The Labute approximate surface area is 105 Å². The molecule has 0 amide bonds. The second-order valence-electron chi connectivity index (χ2n) is 3.56. The highest BCUT2D eigenvalue weighted by molar-refractivity contribution is 7.71. The van der Waals surface area contributed by atoms with Crippen molar-refractivity contribution in [3.8, 4) is 17.1 Å². The molecular formula is C12H15N3OS. The SMILES string of the molecule is CCOc1cccc(-c2n[nH]c(=S)n2CC)c1. The van der Waals surface area contributed by atoms with Crippen LogP contribution in [-0.2, 0) is 6.54 Å². The number of benzene rings is 1. The van der Waals surface area contributed by atoms with E-state index in [1.807, 2.05) is 42.7 Å². The van der Waals surface area contributed by atoms with Gasteiger partial charge in [-0.3, -0.25) is 5.10 Å². The molecule has 0 aliphatic rings. The molecule has 0 spiro atoms. The molecule has 90 valence electrons. The molecule has 17 heavy (non-hydrogen) atoms. The molecular weight excluding hydrogens is 234 g/mol. The normalized spacial score (nSPS) is 10.5. The summed E-state index contributed by atoms with van der Waals surface area (Å²) in [7, 11) is 0. The average molecular weight is 249 g/mol. The summed E-state index contributed by atoms with van der Waals surface area (Å²) in [4.78, 5) is 0. The number of ether oxygens (including phenoxy) is 1. The summed E-state index contributed by atoms with van der Waals surface area (Å²) in [5.74, 6) is 1.70. The third-order valence-electron chi connectivity index (χ3n) is 2.48. The van der Waals surface area contributed by atoms with E-state index in [1.165, 1.54) is 0 Å². The fraction of sp³-hybridized carbons (Fsp3) is 0.333. The summed E-state index contributed by atoms with van der Waals surface area (Å²) in [6, 6.07) is 7.86. The van der Waals surface area contributed by atoms with Gasteiger partial charge in [0, 0.05) is 12.1 Å². The third-order valence-corrected chi connectivity index (χ3v) is 2.79. The Morgan fingerprint density at radius 3 is 2.94 bits per heavy atom. The van der Waals surface area contributed by atoms with Gasteiger partial charge in [-0.05, 0) is 38.2 Å². The zero-order chi connectivity index (χ0) is 12.3. The molecule has 0 bridgehead atoms. The zero-order valence-electron chi connectivity index (χ0n) is 9.93. The van der Waals surface area contributed by atoms with Crippen molar-refractivity contribution in [2.24, 2.45) is 0 Å². The maximum Gasteiger partial charge on any atom is 0.195 e. The highest BCUT2D eigenvalue weighted by Gasteiger charge is 2.07. The Kier molecular flexibility index (Phi) is 3.58. The molecule has 1 heterocycles. The lowest BCUT2D eigenvalue weighted by Crippen LogP contribution is -1.98. The van der Waals surface area contributed by atoms with Crippen LogP contribution in [-0.4, -0.2) is 21.4 Å². The molecule has 2 aromatic rings. The van der Waals surface area contributed by atoms with E-state index in [4.69, 9.17) is 17.0 Å². The number of hydrogen-bond donors (Lipinski definition) is 1. The lowest BCUT2D eigenvalue weighted by atomic mass is 10.2. The van der Waals surface area contributed by atoms with Gasteiger partial charge in [-0.25, -0.2) is 0 Å². The molecule has 0 atom stereocenters. The lowest BCUT2D eigenvalue weighted by Gasteiger charge is -2.06. The molecule has 0 radical (unpaired) electrons. The van der Waals surface area contributed by atoms with Gasteiger partial charge < -0.3 is 9.30 Å². The Morgan fingerprint density at radius 1 is 1.41 bits per heavy atom. The molecule has 2 rings (SSSR count). The van der Waals surface area contributed by atoms with E-state index >= 15 is 0 Å². The van der Waals surface area contributed by atoms with E-state index < -0.39 is 0 Å². The average Bonchev–Trinajstić information content (AvgIpc) is 2.71. The molecule has 0 saturated carbocycles. The van der Waals surface area contributed by atoms with Gasteiger partial charge in [0.1, 0.15) is 5.75 Å². The maximum absolute atomic E-state index is 5.48. The summed E-state index contributed by atoms with van der Waals surface area (Å²) >= 11 is 5.17. The Morgan fingerprint density at radius 2 is 2.24 bits per heavy atom.